The Balaban J connectivity index is 2.65. The highest BCUT2D eigenvalue weighted by Gasteiger charge is 2.08. The first-order valence-electron chi connectivity index (χ1n) is 5.19. The average molecular weight is 273 g/mol. The maximum absolute atomic E-state index is 10.5. The Morgan fingerprint density at radius 1 is 1.50 bits per heavy atom. The lowest BCUT2D eigenvalue weighted by Crippen LogP contribution is -2.09. The Morgan fingerprint density at radius 2 is 2.17 bits per heavy atom. The molecule has 0 fully saturated rings. The van der Waals surface area contributed by atoms with Crippen LogP contribution in [0.5, 0.6) is 5.75 Å². The van der Waals surface area contributed by atoms with Crippen LogP contribution in [0, 0.1) is 12.5 Å². The number of nitrogen functional groups attached to an aromatic ring is 1. The summed E-state index contributed by atoms with van der Waals surface area (Å²) in [4.78, 5) is 0. The summed E-state index contributed by atoms with van der Waals surface area (Å²) in [6.45, 7) is 1.87. The molecule has 4 N–H and O–H groups in total. The Hall–Kier alpha value is -1.67. The Bertz CT molecular complexity index is 542. The summed E-state index contributed by atoms with van der Waals surface area (Å²) < 4.78 is 34.8. The molecule has 1 aromatic carbocycles. The highest BCUT2D eigenvalue weighted by molar-refractivity contribution is 7.85. The van der Waals surface area contributed by atoms with Gasteiger partial charge in [-0.3, -0.25) is 4.55 Å². The van der Waals surface area contributed by atoms with Crippen molar-refractivity contribution in [3.05, 3.63) is 17.7 Å². The third-order valence-corrected chi connectivity index (χ3v) is 3.06. The molecule has 7 nitrogen and oxygen atoms in total. The zero-order valence-corrected chi connectivity index (χ0v) is 10.7. The highest BCUT2D eigenvalue weighted by atomic mass is 32.2. The number of anilines is 1. The summed E-state index contributed by atoms with van der Waals surface area (Å²) in [7, 11) is -3.97. The van der Waals surface area contributed by atoms with E-state index < -0.39 is 10.1 Å². The molecular formula is C10H15N3O4S. The van der Waals surface area contributed by atoms with Crippen molar-refractivity contribution in [2.45, 2.75) is 13.3 Å². The van der Waals surface area contributed by atoms with E-state index in [4.69, 9.17) is 20.6 Å². The minimum Gasteiger partial charge on any atom is -0.491 e. The van der Waals surface area contributed by atoms with Gasteiger partial charge < -0.3 is 10.5 Å². The van der Waals surface area contributed by atoms with Crippen molar-refractivity contribution >= 4 is 21.5 Å². The van der Waals surface area contributed by atoms with Crippen LogP contribution >= 0.6 is 0 Å². The first kappa shape index (κ1) is 14.4. The molecule has 0 spiro atoms. The zero-order chi connectivity index (χ0) is 13.8. The van der Waals surface area contributed by atoms with Crippen LogP contribution in [0.4, 0.5) is 11.4 Å². The maximum Gasteiger partial charge on any atom is 0.264 e. The number of hydrogen-bond acceptors (Lipinski definition) is 6. The summed E-state index contributed by atoms with van der Waals surface area (Å²) in [5, 5.41) is 3.32. The Kier molecular flexibility index (Phi) is 4.62. The molecule has 0 aliphatic heterocycles. The summed E-state index contributed by atoms with van der Waals surface area (Å²) in [6.07, 6.45) is 0.152. The maximum atomic E-state index is 10.5. The topological polar surface area (TPSA) is 126 Å². The fourth-order valence-corrected chi connectivity index (χ4v) is 1.85. The van der Waals surface area contributed by atoms with Crippen molar-refractivity contribution in [2.75, 3.05) is 18.1 Å². The van der Waals surface area contributed by atoms with Gasteiger partial charge >= 0.3 is 0 Å². The van der Waals surface area contributed by atoms with Gasteiger partial charge in [0.25, 0.3) is 10.1 Å². The molecule has 0 saturated heterocycles. The smallest absolute Gasteiger partial charge is 0.264 e. The molecule has 0 amide bonds. The summed E-state index contributed by atoms with van der Waals surface area (Å²) >= 11 is 0. The van der Waals surface area contributed by atoms with Crippen LogP contribution in [0.3, 0.4) is 0 Å². The molecular weight excluding hydrogens is 258 g/mol. The quantitative estimate of drug-likeness (QED) is 0.316. The molecule has 0 radical (unpaired) electrons. The molecule has 0 aliphatic rings. The molecule has 0 heterocycles. The Morgan fingerprint density at radius 3 is 2.72 bits per heavy atom. The van der Waals surface area contributed by atoms with E-state index in [0.717, 1.165) is 5.56 Å². The lowest BCUT2D eigenvalue weighted by Gasteiger charge is -2.10. The summed E-state index contributed by atoms with van der Waals surface area (Å²) in [5.41, 5.74) is 14.3. The zero-order valence-electron chi connectivity index (χ0n) is 9.88. The van der Waals surface area contributed by atoms with Crippen molar-refractivity contribution in [3.8, 4) is 5.75 Å². The molecule has 1 aromatic rings. The molecule has 0 unspecified atom stereocenters. The molecule has 18 heavy (non-hydrogen) atoms. The van der Waals surface area contributed by atoms with Crippen molar-refractivity contribution in [3.63, 3.8) is 0 Å². The van der Waals surface area contributed by atoms with Gasteiger partial charge in [-0.2, -0.15) is 13.5 Å². The van der Waals surface area contributed by atoms with Crippen molar-refractivity contribution in [2.24, 2.45) is 5.11 Å². The predicted octanol–water partition coefficient (Wildman–Crippen LogP) is 1.90. The van der Waals surface area contributed by atoms with Crippen LogP contribution in [0.25, 0.3) is 0 Å². The van der Waals surface area contributed by atoms with E-state index in [0.29, 0.717) is 17.1 Å². The number of ether oxygens (including phenoxy) is 1. The normalized spacial score (nSPS) is 11.2. The minimum atomic E-state index is -3.97. The van der Waals surface area contributed by atoms with Crippen molar-refractivity contribution in [1.29, 1.82) is 5.53 Å². The second-order valence-electron chi connectivity index (χ2n) is 3.78. The van der Waals surface area contributed by atoms with E-state index in [1.54, 1.807) is 13.0 Å². The van der Waals surface area contributed by atoms with Gasteiger partial charge in [0.2, 0.25) is 0 Å². The van der Waals surface area contributed by atoms with Gasteiger partial charge in [-0.05, 0) is 25.0 Å². The number of nitrogens with two attached hydrogens (primary N) is 1. The second kappa shape index (κ2) is 5.78. The van der Waals surface area contributed by atoms with Gasteiger partial charge in [-0.25, -0.2) is 5.53 Å². The fourth-order valence-electron chi connectivity index (χ4n) is 1.37. The number of rotatable bonds is 6. The first-order valence-corrected chi connectivity index (χ1v) is 6.80. The van der Waals surface area contributed by atoms with E-state index in [9.17, 15) is 8.42 Å². The third-order valence-electron chi connectivity index (χ3n) is 2.25. The first-order chi connectivity index (χ1) is 8.33. The van der Waals surface area contributed by atoms with E-state index in [-0.39, 0.29) is 18.8 Å². The monoisotopic (exact) mass is 273 g/mol. The van der Waals surface area contributed by atoms with Crippen molar-refractivity contribution < 1.29 is 17.7 Å². The number of benzene rings is 1. The molecule has 0 aliphatic carbocycles. The van der Waals surface area contributed by atoms with Crippen molar-refractivity contribution in [1.82, 2.24) is 0 Å². The molecule has 8 heteroatoms. The lowest BCUT2D eigenvalue weighted by molar-refractivity contribution is 0.318. The second-order valence-corrected chi connectivity index (χ2v) is 5.35. The molecule has 100 valence electrons. The van der Waals surface area contributed by atoms with E-state index in [1.807, 2.05) is 0 Å². The van der Waals surface area contributed by atoms with Gasteiger partial charge in [0.1, 0.15) is 5.75 Å². The van der Waals surface area contributed by atoms with Gasteiger partial charge in [0, 0.05) is 6.07 Å². The van der Waals surface area contributed by atoms with Crippen LogP contribution in [-0.2, 0) is 10.1 Å². The van der Waals surface area contributed by atoms with E-state index in [1.165, 1.54) is 6.07 Å². The molecule has 0 atom stereocenters. The van der Waals surface area contributed by atoms with Gasteiger partial charge in [-0.15, -0.1) is 0 Å². The number of hydrogen-bond donors (Lipinski definition) is 3. The van der Waals surface area contributed by atoms with Crippen LogP contribution < -0.4 is 10.5 Å². The van der Waals surface area contributed by atoms with Gasteiger partial charge in [0.05, 0.1) is 23.7 Å². The summed E-state index contributed by atoms with van der Waals surface area (Å²) in [5.74, 6) is -0.0176. The minimum absolute atomic E-state index is 0.102. The number of nitrogens with one attached hydrogen (secondary N) is 1. The standard InChI is InChI=1S/C10H15N3O4S/c1-7-5-8(11)10(6-9(7)13-12)17-3-2-4-18(14,15)16/h5-6,12H,2-4,11H2,1H3,(H,14,15,16). The largest absolute Gasteiger partial charge is 0.491 e. The predicted molar refractivity (Wildman–Crippen MR) is 66.9 cm³/mol. The molecule has 1 rings (SSSR count). The van der Waals surface area contributed by atoms with Crippen LogP contribution in [0.15, 0.2) is 17.2 Å². The molecule has 0 aromatic heterocycles. The van der Waals surface area contributed by atoms with Gasteiger partial charge in [0.15, 0.2) is 0 Å². The molecule has 0 bridgehead atoms. The van der Waals surface area contributed by atoms with Crippen LogP contribution in [-0.4, -0.2) is 25.3 Å². The highest BCUT2D eigenvalue weighted by Crippen LogP contribution is 2.30. The lowest BCUT2D eigenvalue weighted by atomic mass is 10.1. The SMILES string of the molecule is Cc1cc(N)c(OCCCS(=O)(=O)O)cc1N=N. The molecule has 0 saturated carbocycles. The van der Waals surface area contributed by atoms with Crippen LogP contribution in [0.1, 0.15) is 12.0 Å². The average Bonchev–Trinajstić information content (AvgIpc) is 2.25. The van der Waals surface area contributed by atoms with Gasteiger partial charge in [-0.1, -0.05) is 0 Å². The number of nitrogens with zero attached hydrogens (tertiary/aromatic N) is 1. The fraction of sp³-hybridized carbons (Fsp3) is 0.400. The van der Waals surface area contributed by atoms with E-state index in [2.05, 4.69) is 5.11 Å². The Labute approximate surface area is 105 Å². The summed E-state index contributed by atoms with van der Waals surface area (Å²) in [6, 6.07) is 3.15. The van der Waals surface area contributed by atoms with Crippen LogP contribution in [0.2, 0.25) is 0 Å². The van der Waals surface area contributed by atoms with E-state index >= 15 is 0 Å². The third kappa shape index (κ3) is 4.30. The number of aryl methyl sites for hydroxylation is 1.